The van der Waals surface area contributed by atoms with E-state index in [0.717, 1.165) is 12.8 Å². The van der Waals surface area contributed by atoms with E-state index in [0.29, 0.717) is 18.2 Å². The minimum absolute atomic E-state index is 0.0385. The van der Waals surface area contributed by atoms with Crippen LogP contribution in [0.4, 0.5) is 0 Å². The molecule has 1 spiro atoms. The number of benzene rings is 1. The Labute approximate surface area is 141 Å². The number of hydroxylamine groups is 2. The fourth-order valence-electron chi connectivity index (χ4n) is 3.19. The number of hydrogen-bond donors (Lipinski definition) is 0. The van der Waals surface area contributed by atoms with Crippen LogP contribution in [0.1, 0.15) is 19.3 Å². The summed E-state index contributed by atoms with van der Waals surface area (Å²) in [7, 11) is -2.04. The molecule has 24 heavy (non-hydrogen) atoms. The molecule has 0 radical (unpaired) electrons. The molecule has 1 aromatic rings. The fraction of sp³-hybridized carbons (Fsp3) is 0.562. The predicted molar refractivity (Wildman–Crippen MR) is 84.6 cm³/mol. The maximum Gasteiger partial charge on any atom is 0.249 e. The van der Waals surface area contributed by atoms with Crippen molar-refractivity contribution in [2.24, 2.45) is 5.92 Å². The SMILES string of the molecule is COc1ccc(S(=O)(=O)N2CC3(CC(=O)N(CC4CC4)O3)C2)cc1. The zero-order chi connectivity index (χ0) is 16.9. The van der Waals surface area contributed by atoms with Crippen LogP contribution in [0.5, 0.6) is 5.75 Å². The lowest BCUT2D eigenvalue weighted by Crippen LogP contribution is -2.63. The monoisotopic (exact) mass is 352 g/mol. The molecule has 8 heteroatoms. The Kier molecular flexibility index (Phi) is 3.59. The van der Waals surface area contributed by atoms with Gasteiger partial charge < -0.3 is 4.74 Å². The minimum Gasteiger partial charge on any atom is -0.497 e. The largest absolute Gasteiger partial charge is 0.497 e. The van der Waals surface area contributed by atoms with Crippen molar-refractivity contribution >= 4 is 15.9 Å². The molecule has 3 aliphatic rings. The summed E-state index contributed by atoms with van der Waals surface area (Å²) in [5, 5.41) is 1.44. The molecule has 0 aromatic heterocycles. The zero-order valence-corrected chi connectivity index (χ0v) is 14.3. The number of carbonyl (C=O) groups excluding carboxylic acids is 1. The minimum atomic E-state index is -3.57. The van der Waals surface area contributed by atoms with E-state index in [9.17, 15) is 13.2 Å². The van der Waals surface area contributed by atoms with Crippen LogP contribution < -0.4 is 4.74 Å². The first-order chi connectivity index (χ1) is 11.4. The van der Waals surface area contributed by atoms with E-state index >= 15 is 0 Å². The van der Waals surface area contributed by atoms with Crippen LogP contribution in [0.3, 0.4) is 0 Å². The molecule has 7 nitrogen and oxygen atoms in total. The summed E-state index contributed by atoms with van der Waals surface area (Å²) in [6, 6.07) is 6.29. The molecule has 0 N–H and O–H groups in total. The third-order valence-electron chi connectivity index (χ3n) is 4.80. The molecular formula is C16H20N2O5S. The second kappa shape index (κ2) is 5.44. The van der Waals surface area contributed by atoms with Gasteiger partial charge in [-0.3, -0.25) is 9.63 Å². The molecule has 0 atom stereocenters. The highest BCUT2D eigenvalue weighted by Crippen LogP contribution is 2.40. The Bertz CT molecular complexity index is 751. The summed E-state index contributed by atoms with van der Waals surface area (Å²) < 4.78 is 31.7. The Morgan fingerprint density at radius 3 is 2.50 bits per heavy atom. The summed E-state index contributed by atoms with van der Waals surface area (Å²) in [6.07, 6.45) is 2.53. The van der Waals surface area contributed by atoms with Crippen molar-refractivity contribution in [3.05, 3.63) is 24.3 Å². The normalized spacial score (nSPS) is 23.5. The summed E-state index contributed by atoms with van der Waals surface area (Å²) >= 11 is 0. The first-order valence-electron chi connectivity index (χ1n) is 8.06. The summed E-state index contributed by atoms with van der Waals surface area (Å²) in [5.74, 6) is 1.11. The van der Waals surface area contributed by atoms with Crippen molar-refractivity contribution in [2.75, 3.05) is 26.7 Å². The van der Waals surface area contributed by atoms with Crippen LogP contribution in [-0.2, 0) is 19.7 Å². The van der Waals surface area contributed by atoms with Gasteiger partial charge in [-0.2, -0.15) is 4.31 Å². The van der Waals surface area contributed by atoms with Crippen LogP contribution in [0.25, 0.3) is 0 Å². The van der Waals surface area contributed by atoms with Crippen molar-refractivity contribution in [2.45, 2.75) is 29.8 Å². The Morgan fingerprint density at radius 2 is 1.92 bits per heavy atom. The standard InChI is InChI=1S/C16H20N2O5S/c1-22-13-4-6-14(7-5-13)24(20,21)17-10-16(11-17)8-15(19)18(23-16)9-12-2-3-12/h4-7,12H,2-3,8-11H2,1H3. The number of sulfonamides is 1. The van der Waals surface area contributed by atoms with Crippen molar-refractivity contribution in [1.29, 1.82) is 0 Å². The molecule has 1 saturated carbocycles. The molecule has 1 amide bonds. The number of nitrogens with zero attached hydrogens (tertiary/aromatic N) is 2. The van der Waals surface area contributed by atoms with Crippen molar-refractivity contribution < 1.29 is 22.8 Å². The van der Waals surface area contributed by atoms with E-state index in [1.54, 1.807) is 12.1 Å². The van der Waals surface area contributed by atoms with Crippen LogP contribution >= 0.6 is 0 Å². The smallest absolute Gasteiger partial charge is 0.249 e. The Hall–Kier alpha value is -1.64. The van der Waals surface area contributed by atoms with Crippen LogP contribution in [0, 0.1) is 5.92 Å². The van der Waals surface area contributed by atoms with Gasteiger partial charge >= 0.3 is 0 Å². The summed E-state index contributed by atoms with van der Waals surface area (Å²) in [5.41, 5.74) is -0.675. The Morgan fingerprint density at radius 1 is 1.25 bits per heavy atom. The molecule has 4 rings (SSSR count). The molecule has 1 aromatic carbocycles. The maximum atomic E-state index is 12.6. The van der Waals surface area contributed by atoms with E-state index in [1.165, 1.54) is 28.6 Å². The summed E-state index contributed by atoms with van der Waals surface area (Å²) in [6.45, 7) is 1.06. The molecule has 2 saturated heterocycles. The second-order valence-corrected chi connectivity index (χ2v) is 8.74. The van der Waals surface area contributed by atoms with Gasteiger partial charge in [0.2, 0.25) is 15.9 Å². The van der Waals surface area contributed by atoms with Crippen LogP contribution in [0.15, 0.2) is 29.2 Å². The van der Waals surface area contributed by atoms with Crippen LogP contribution in [0.2, 0.25) is 0 Å². The molecule has 130 valence electrons. The molecule has 0 unspecified atom stereocenters. The molecule has 0 bridgehead atoms. The maximum absolute atomic E-state index is 12.6. The third-order valence-corrected chi connectivity index (χ3v) is 6.61. The van der Waals surface area contributed by atoms with E-state index in [-0.39, 0.29) is 30.3 Å². The molecular weight excluding hydrogens is 332 g/mol. The fourth-order valence-corrected chi connectivity index (χ4v) is 4.78. The van der Waals surface area contributed by atoms with Crippen LogP contribution in [-0.4, -0.2) is 56.0 Å². The van der Waals surface area contributed by atoms with E-state index < -0.39 is 15.6 Å². The number of rotatable bonds is 5. The van der Waals surface area contributed by atoms with Crippen molar-refractivity contribution in [3.8, 4) is 5.75 Å². The second-order valence-electron chi connectivity index (χ2n) is 6.80. The van der Waals surface area contributed by atoms with Gasteiger partial charge in [0.15, 0.2) is 0 Å². The van der Waals surface area contributed by atoms with Crippen molar-refractivity contribution in [1.82, 2.24) is 9.37 Å². The Balaban J connectivity index is 1.43. The van der Waals surface area contributed by atoms with Crippen molar-refractivity contribution in [3.63, 3.8) is 0 Å². The topological polar surface area (TPSA) is 76.2 Å². The van der Waals surface area contributed by atoms with Gasteiger partial charge in [-0.25, -0.2) is 13.5 Å². The number of hydrogen-bond acceptors (Lipinski definition) is 5. The highest BCUT2D eigenvalue weighted by Gasteiger charge is 2.57. The van der Waals surface area contributed by atoms with Gasteiger partial charge in [0.25, 0.3) is 0 Å². The molecule has 3 fully saturated rings. The predicted octanol–water partition coefficient (Wildman–Crippen LogP) is 1.01. The van der Waals surface area contributed by atoms with E-state index in [4.69, 9.17) is 9.57 Å². The molecule has 2 heterocycles. The number of ether oxygens (including phenoxy) is 1. The lowest BCUT2D eigenvalue weighted by molar-refractivity contribution is -0.225. The molecule has 1 aliphatic carbocycles. The first-order valence-corrected chi connectivity index (χ1v) is 9.50. The molecule has 2 aliphatic heterocycles. The van der Waals surface area contributed by atoms with Gasteiger partial charge in [0.05, 0.1) is 25.0 Å². The average molecular weight is 352 g/mol. The number of amides is 1. The van der Waals surface area contributed by atoms with Gasteiger partial charge in [-0.1, -0.05) is 0 Å². The van der Waals surface area contributed by atoms with Gasteiger partial charge in [-0.05, 0) is 43.0 Å². The lowest BCUT2D eigenvalue weighted by atomic mass is 9.94. The first kappa shape index (κ1) is 15.9. The van der Waals surface area contributed by atoms with Gasteiger partial charge in [0.1, 0.15) is 11.4 Å². The number of carbonyl (C=O) groups is 1. The highest BCUT2D eigenvalue weighted by atomic mass is 32.2. The number of methoxy groups -OCH3 is 1. The zero-order valence-electron chi connectivity index (χ0n) is 13.5. The van der Waals surface area contributed by atoms with Gasteiger partial charge in [-0.15, -0.1) is 0 Å². The summed E-state index contributed by atoms with van der Waals surface area (Å²) in [4.78, 5) is 18.1. The lowest BCUT2D eigenvalue weighted by Gasteiger charge is -2.44. The van der Waals surface area contributed by atoms with E-state index in [1.807, 2.05) is 0 Å². The van der Waals surface area contributed by atoms with E-state index in [2.05, 4.69) is 0 Å². The van der Waals surface area contributed by atoms with Gasteiger partial charge in [0, 0.05) is 13.1 Å². The third kappa shape index (κ3) is 2.68. The quantitative estimate of drug-likeness (QED) is 0.791. The highest BCUT2D eigenvalue weighted by molar-refractivity contribution is 7.89. The average Bonchev–Trinajstić information content (AvgIpc) is 3.28.